The van der Waals surface area contributed by atoms with Gasteiger partial charge in [-0.2, -0.15) is 0 Å². The van der Waals surface area contributed by atoms with Crippen molar-refractivity contribution in [2.24, 2.45) is 5.92 Å². The molecule has 0 saturated carbocycles. The molecule has 24 heavy (non-hydrogen) atoms. The third-order valence-corrected chi connectivity index (χ3v) is 5.14. The summed E-state index contributed by atoms with van der Waals surface area (Å²) in [5.41, 5.74) is 2.37. The molecule has 1 aliphatic carbocycles. The molecule has 3 atom stereocenters. The summed E-state index contributed by atoms with van der Waals surface area (Å²) < 4.78 is 0. The summed E-state index contributed by atoms with van der Waals surface area (Å²) in [5, 5.41) is 13.8. The first-order valence-electron chi connectivity index (χ1n) is 8.80. The van der Waals surface area contributed by atoms with E-state index in [0.717, 1.165) is 30.3 Å². The summed E-state index contributed by atoms with van der Waals surface area (Å²) in [6.45, 7) is 4.39. The van der Waals surface area contributed by atoms with Crippen LogP contribution in [0.3, 0.4) is 0 Å². The molecule has 1 aromatic heterocycles. The van der Waals surface area contributed by atoms with Crippen molar-refractivity contribution < 1.29 is 5.11 Å². The highest BCUT2D eigenvalue weighted by atomic mass is 16.3. The van der Waals surface area contributed by atoms with Gasteiger partial charge < -0.3 is 15.3 Å². The Balaban J connectivity index is 1.54. The molecule has 0 spiro atoms. The van der Waals surface area contributed by atoms with Crippen LogP contribution in [0.25, 0.3) is 0 Å². The Kier molecular flexibility index (Phi) is 4.10. The van der Waals surface area contributed by atoms with Crippen molar-refractivity contribution in [1.82, 2.24) is 9.97 Å². The maximum absolute atomic E-state index is 10.4. The molecule has 126 valence electrons. The maximum Gasteiger partial charge on any atom is 0.134 e. The van der Waals surface area contributed by atoms with Crippen LogP contribution in [0.15, 0.2) is 36.7 Å². The fourth-order valence-electron chi connectivity index (χ4n) is 3.90. The summed E-state index contributed by atoms with van der Waals surface area (Å²) in [6, 6.07) is 10.1. The van der Waals surface area contributed by atoms with Gasteiger partial charge in [-0.05, 0) is 29.9 Å². The summed E-state index contributed by atoms with van der Waals surface area (Å²) in [6.07, 6.45) is 4.39. The molecule has 1 aromatic carbocycles. The normalized spacial score (nSPS) is 26.2. The molecule has 0 radical (unpaired) electrons. The van der Waals surface area contributed by atoms with Gasteiger partial charge in [0.1, 0.15) is 18.0 Å². The van der Waals surface area contributed by atoms with Crippen LogP contribution < -0.4 is 10.2 Å². The second-order valence-corrected chi connectivity index (χ2v) is 7.05. The van der Waals surface area contributed by atoms with Crippen molar-refractivity contribution in [2.45, 2.75) is 38.3 Å². The molecule has 0 bridgehead atoms. The van der Waals surface area contributed by atoms with E-state index in [1.807, 2.05) is 18.2 Å². The van der Waals surface area contributed by atoms with Crippen LogP contribution >= 0.6 is 0 Å². The highest BCUT2D eigenvalue weighted by Gasteiger charge is 2.31. The van der Waals surface area contributed by atoms with E-state index in [1.165, 1.54) is 18.4 Å². The summed E-state index contributed by atoms with van der Waals surface area (Å²) in [5.74, 6) is 2.45. The number of benzene rings is 1. The van der Waals surface area contributed by atoms with Crippen LogP contribution in [0.4, 0.5) is 11.6 Å². The van der Waals surface area contributed by atoms with E-state index in [1.54, 1.807) is 6.33 Å². The smallest absolute Gasteiger partial charge is 0.134 e. The molecule has 5 heteroatoms. The molecule has 2 N–H and O–H groups in total. The lowest BCUT2D eigenvalue weighted by Gasteiger charge is -2.32. The average Bonchev–Trinajstić information content (AvgIpc) is 2.91. The van der Waals surface area contributed by atoms with Crippen LogP contribution in [0.1, 0.15) is 36.9 Å². The van der Waals surface area contributed by atoms with Gasteiger partial charge in [-0.1, -0.05) is 31.2 Å². The molecular weight excluding hydrogens is 300 g/mol. The lowest BCUT2D eigenvalue weighted by Crippen LogP contribution is -2.34. The highest BCUT2D eigenvalue weighted by molar-refractivity contribution is 5.51. The van der Waals surface area contributed by atoms with E-state index in [4.69, 9.17) is 0 Å². The molecule has 1 aliphatic heterocycles. The Hall–Kier alpha value is -2.14. The third-order valence-electron chi connectivity index (χ3n) is 5.14. The Morgan fingerprint density at radius 3 is 3.00 bits per heavy atom. The molecule has 1 saturated heterocycles. The molecular formula is C19H24N4O. The molecule has 5 nitrogen and oxygen atoms in total. The second kappa shape index (κ2) is 6.40. The van der Waals surface area contributed by atoms with Crippen molar-refractivity contribution >= 4 is 11.6 Å². The number of aromatic nitrogens is 2. The number of aliphatic hydroxyl groups is 1. The van der Waals surface area contributed by atoms with Gasteiger partial charge in [-0.3, -0.25) is 0 Å². The minimum atomic E-state index is -0.421. The quantitative estimate of drug-likeness (QED) is 0.909. The van der Waals surface area contributed by atoms with Crippen LogP contribution in [-0.4, -0.2) is 34.3 Å². The number of piperidine rings is 1. The van der Waals surface area contributed by atoms with Crippen LogP contribution in [-0.2, 0) is 6.42 Å². The lowest BCUT2D eigenvalue weighted by atomic mass is 10.0. The van der Waals surface area contributed by atoms with E-state index >= 15 is 0 Å². The van der Waals surface area contributed by atoms with Crippen molar-refractivity contribution in [3.63, 3.8) is 0 Å². The maximum atomic E-state index is 10.4. The van der Waals surface area contributed by atoms with Gasteiger partial charge in [0.2, 0.25) is 0 Å². The SMILES string of the molecule is CC1CCCN(c2cc(N[C@H]3c4ccccc4C[C@H]3O)ncn2)C1. The number of nitrogens with one attached hydrogen (secondary N) is 1. The fraction of sp³-hybridized carbons (Fsp3) is 0.474. The Bertz CT molecular complexity index is 720. The number of rotatable bonds is 3. The zero-order chi connectivity index (χ0) is 16.5. The molecule has 2 heterocycles. The number of hydrogen-bond acceptors (Lipinski definition) is 5. The van der Waals surface area contributed by atoms with Gasteiger partial charge in [-0.25, -0.2) is 9.97 Å². The third kappa shape index (κ3) is 2.96. The van der Waals surface area contributed by atoms with Crippen LogP contribution in [0.5, 0.6) is 0 Å². The van der Waals surface area contributed by atoms with E-state index in [0.29, 0.717) is 12.3 Å². The minimum Gasteiger partial charge on any atom is -0.390 e. The molecule has 2 aliphatic rings. The van der Waals surface area contributed by atoms with Crippen molar-refractivity contribution in [1.29, 1.82) is 0 Å². The standard InChI is InChI=1S/C19H24N4O/c1-13-5-4-8-23(11-13)18-10-17(20-12-21-18)22-19-15-7-3-2-6-14(15)9-16(19)24/h2-3,6-7,10,12-13,16,19,24H,4-5,8-9,11H2,1H3,(H,20,21,22)/t13?,16-,19+/m1/s1. The number of fused-ring (bicyclic) bond motifs is 1. The topological polar surface area (TPSA) is 61.3 Å². The van der Waals surface area contributed by atoms with Gasteiger partial charge in [0.15, 0.2) is 0 Å². The summed E-state index contributed by atoms with van der Waals surface area (Å²) >= 11 is 0. The number of hydrogen-bond donors (Lipinski definition) is 2. The van der Waals surface area contributed by atoms with Gasteiger partial charge in [0.25, 0.3) is 0 Å². The van der Waals surface area contributed by atoms with Gasteiger partial charge in [-0.15, -0.1) is 0 Å². The first kappa shape index (κ1) is 15.4. The van der Waals surface area contributed by atoms with Crippen molar-refractivity contribution in [3.05, 3.63) is 47.8 Å². The second-order valence-electron chi connectivity index (χ2n) is 7.05. The van der Waals surface area contributed by atoms with Gasteiger partial charge >= 0.3 is 0 Å². The first-order chi connectivity index (χ1) is 11.7. The molecule has 0 amide bonds. The lowest BCUT2D eigenvalue weighted by molar-refractivity contribution is 0.165. The van der Waals surface area contributed by atoms with E-state index in [-0.39, 0.29) is 6.04 Å². The van der Waals surface area contributed by atoms with Crippen molar-refractivity contribution in [2.75, 3.05) is 23.3 Å². The predicted octanol–water partition coefficient (Wildman–Crippen LogP) is 2.78. The average molecular weight is 324 g/mol. The van der Waals surface area contributed by atoms with E-state index in [9.17, 15) is 5.11 Å². The Morgan fingerprint density at radius 1 is 1.25 bits per heavy atom. The monoisotopic (exact) mass is 324 g/mol. The summed E-state index contributed by atoms with van der Waals surface area (Å²) in [7, 11) is 0. The Morgan fingerprint density at radius 2 is 2.12 bits per heavy atom. The van der Waals surface area contributed by atoms with Crippen LogP contribution in [0, 0.1) is 5.92 Å². The highest BCUT2D eigenvalue weighted by Crippen LogP contribution is 2.34. The van der Waals surface area contributed by atoms with Crippen molar-refractivity contribution in [3.8, 4) is 0 Å². The van der Waals surface area contributed by atoms with Gasteiger partial charge in [0, 0.05) is 25.6 Å². The molecule has 2 aromatic rings. The minimum absolute atomic E-state index is 0.107. The fourth-order valence-corrected chi connectivity index (χ4v) is 3.90. The van der Waals surface area contributed by atoms with E-state index in [2.05, 4.69) is 39.2 Å². The number of anilines is 2. The molecule has 1 unspecified atom stereocenters. The number of nitrogens with zero attached hydrogens (tertiary/aromatic N) is 3. The summed E-state index contributed by atoms with van der Waals surface area (Å²) in [4.78, 5) is 11.1. The number of aliphatic hydroxyl groups excluding tert-OH is 1. The Labute approximate surface area is 142 Å². The largest absolute Gasteiger partial charge is 0.390 e. The zero-order valence-electron chi connectivity index (χ0n) is 14.0. The van der Waals surface area contributed by atoms with E-state index < -0.39 is 6.10 Å². The molecule has 4 rings (SSSR count). The predicted molar refractivity (Wildman–Crippen MR) is 95.2 cm³/mol. The van der Waals surface area contributed by atoms with Gasteiger partial charge in [0.05, 0.1) is 12.1 Å². The van der Waals surface area contributed by atoms with Crippen LogP contribution in [0.2, 0.25) is 0 Å². The molecule has 1 fully saturated rings. The first-order valence-corrected chi connectivity index (χ1v) is 8.80. The zero-order valence-corrected chi connectivity index (χ0v) is 14.0.